The lowest BCUT2D eigenvalue weighted by molar-refractivity contribution is -0.142. The van der Waals surface area contributed by atoms with Crippen LogP contribution in [-0.2, 0) is 16.0 Å². The fourth-order valence-electron chi connectivity index (χ4n) is 2.04. The van der Waals surface area contributed by atoms with E-state index in [-0.39, 0.29) is 24.8 Å². The quantitative estimate of drug-likeness (QED) is 0.814. The smallest absolute Gasteiger partial charge is 0.322 e. The van der Waals surface area contributed by atoms with Crippen molar-refractivity contribution >= 4 is 30.8 Å². The van der Waals surface area contributed by atoms with Crippen molar-refractivity contribution in [3.05, 3.63) is 53.3 Å². The molecule has 0 saturated carbocycles. The van der Waals surface area contributed by atoms with Crippen molar-refractivity contribution < 1.29 is 14.3 Å². The third-order valence-electron chi connectivity index (χ3n) is 3.52. The molecule has 0 saturated heterocycles. The van der Waals surface area contributed by atoms with Gasteiger partial charge in [0.1, 0.15) is 17.5 Å². The first kappa shape index (κ1) is 22.2. The van der Waals surface area contributed by atoms with Crippen LogP contribution in [0.2, 0.25) is 0 Å². The molecule has 2 aromatic rings. The maximum absolute atomic E-state index is 11.3. The fraction of sp³-hybridized carbons (Fsp3) is 0.294. The minimum atomic E-state index is -0.651. The Hall–Kier alpha value is -1.82. The molecule has 0 radical (unpaired) electrons. The average Bonchev–Trinajstić information content (AvgIpc) is 2.52. The van der Waals surface area contributed by atoms with Gasteiger partial charge in [0.2, 0.25) is 0 Å². The molecular weight excluding hydrogens is 351 g/mol. The Bertz CT molecular complexity index is 663. The van der Waals surface area contributed by atoms with E-state index >= 15 is 0 Å². The highest BCUT2D eigenvalue weighted by molar-refractivity contribution is 5.85. The molecule has 1 unspecified atom stereocenters. The van der Waals surface area contributed by atoms with Gasteiger partial charge in [-0.15, -0.1) is 24.8 Å². The van der Waals surface area contributed by atoms with Gasteiger partial charge in [-0.05, 0) is 44.0 Å². The molecule has 2 rings (SSSR count). The van der Waals surface area contributed by atoms with E-state index < -0.39 is 12.0 Å². The van der Waals surface area contributed by atoms with Crippen LogP contribution in [0.3, 0.4) is 0 Å². The Morgan fingerprint density at radius 2 is 1.79 bits per heavy atom. The Labute approximate surface area is 154 Å². The van der Waals surface area contributed by atoms with Crippen LogP contribution in [0.1, 0.15) is 16.8 Å². The molecule has 1 atom stereocenters. The zero-order valence-corrected chi connectivity index (χ0v) is 15.4. The van der Waals surface area contributed by atoms with E-state index in [4.69, 9.17) is 10.5 Å². The SMILES string of the molecule is COC(=O)C(N)Cc1ccc(Oc2ccnc(C)c2C)cc1.Cl.Cl. The summed E-state index contributed by atoms with van der Waals surface area (Å²) in [5, 5.41) is 0. The largest absolute Gasteiger partial charge is 0.468 e. The first-order valence-corrected chi connectivity index (χ1v) is 7.03. The fourth-order valence-corrected chi connectivity index (χ4v) is 2.04. The summed E-state index contributed by atoms with van der Waals surface area (Å²) in [6.07, 6.45) is 2.15. The molecule has 1 aromatic heterocycles. The summed E-state index contributed by atoms with van der Waals surface area (Å²) >= 11 is 0. The van der Waals surface area contributed by atoms with Gasteiger partial charge < -0.3 is 15.2 Å². The second-order valence-electron chi connectivity index (χ2n) is 5.10. The third-order valence-corrected chi connectivity index (χ3v) is 3.52. The second kappa shape index (κ2) is 10.1. The van der Waals surface area contributed by atoms with Crippen LogP contribution in [0.4, 0.5) is 0 Å². The monoisotopic (exact) mass is 372 g/mol. The number of carbonyl (C=O) groups is 1. The zero-order valence-electron chi connectivity index (χ0n) is 13.8. The van der Waals surface area contributed by atoms with Crippen LogP contribution >= 0.6 is 24.8 Å². The van der Waals surface area contributed by atoms with E-state index in [9.17, 15) is 4.79 Å². The van der Waals surface area contributed by atoms with Crippen LogP contribution in [0.5, 0.6) is 11.5 Å². The van der Waals surface area contributed by atoms with E-state index in [1.54, 1.807) is 6.20 Å². The summed E-state index contributed by atoms with van der Waals surface area (Å²) in [6, 6.07) is 8.68. The number of nitrogens with two attached hydrogens (primary N) is 1. The van der Waals surface area contributed by atoms with Crippen molar-refractivity contribution in [3.8, 4) is 11.5 Å². The molecule has 7 heteroatoms. The van der Waals surface area contributed by atoms with Crippen molar-refractivity contribution in [2.24, 2.45) is 5.73 Å². The van der Waals surface area contributed by atoms with Gasteiger partial charge in [0.05, 0.1) is 7.11 Å². The van der Waals surface area contributed by atoms with E-state index in [0.717, 1.165) is 28.3 Å². The van der Waals surface area contributed by atoms with Gasteiger partial charge in [0, 0.05) is 17.5 Å². The molecule has 0 aliphatic rings. The molecule has 24 heavy (non-hydrogen) atoms. The number of carbonyl (C=O) groups excluding carboxylic acids is 1. The average molecular weight is 373 g/mol. The molecule has 0 amide bonds. The number of halogens is 2. The summed E-state index contributed by atoms with van der Waals surface area (Å²) in [6.45, 7) is 3.92. The van der Waals surface area contributed by atoms with Crippen LogP contribution < -0.4 is 10.5 Å². The van der Waals surface area contributed by atoms with Gasteiger partial charge in [-0.3, -0.25) is 9.78 Å². The first-order valence-electron chi connectivity index (χ1n) is 7.03. The number of pyridine rings is 1. The summed E-state index contributed by atoms with van der Waals surface area (Å²) < 4.78 is 10.5. The highest BCUT2D eigenvalue weighted by atomic mass is 35.5. The normalized spacial score (nSPS) is 10.8. The molecule has 5 nitrogen and oxygen atoms in total. The number of nitrogens with zero attached hydrogens (tertiary/aromatic N) is 1. The Kier molecular flexibility index (Phi) is 9.36. The minimum absolute atomic E-state index is 0. The summed E-state index contributed by atoms with van der Waals surface area (Å²) in [7, 11) is 1.33. The van der Waals surface area contributed by atoms with Gasteiger partial charge in [-0.2, -0.15) is 0 Å². The second-order valence-corrected chi connectivity index (χ2v) is 5.10. The summed E-state index contributed by atoms with van der Waals surface area (Å²) in [5.74, 6) is 1.10. The number of methoxy groups -OCH3 is 1. The van der Waals surface area contributed by atoms with Crippen LogP contribution in [0.15, 0.2) is 36.5 Å². The lowest BCUT2D eigenvalue weighted by Gasteiger charge is -2.12. The number of esters is 1. The van der Waals surface area contributed by atoms with Crippen molar-refractivity contribution in [2.75, 3.05) is 7.11 Å². The predicted octanol–water partition coefficient (Wildman–Crippen LogP) is 3.38. The summed E-state index contributed by atoms with van der Waals surface area (Å²) in [4.78, 5) is 15.5. The maximum atomic E-state index is 11.3. The molecule has 2 N–H and O–H groups in total. The van der Waals surface area contributed by atoms with Crippen molar-refractivity contribution in [2.45, 2.75) is 26.3 Å². The highest BCUT2D eigenvalue weighted by Gasteiger charge is 2.14. The topological polar surface area (TPSA) is 74.4 Å². The van der Waals surface area contributed by atoms with Crippen LogP contribution in [-0.4, -0.2) is 24.1 Å². The first-order chi connectivity index (χ1) is 10.5. The van der Waals surface area contributed by atoms with E-state index in [1.165, 1.54) is 7.11 Å². The molecule has 1 aromatic carbocycles. The molecular formula is C17H22Cl2N2O3. The molecule has 132 valence electrons. The number of benzene rings is 1. The van der Waals surface area contributed by atoms with Gasteiger partial charge in [-0.25, -0.2) is 0 Å². The highest BCUT2D eigenvalue weighted by Crippen LogP contribution is 2.26. The molecule has 1 heterocycles. The standard InChI is InChI=1S/C17H20N2O3.2ClH/c1-11-12(2)19-9-8-16(11)22-14-6-4-13(5-7-14)10-15(18)17(20)21-3;;/h4-9,15H,10,18H2,1-3H3;2*1H. The van der Waals surface area contributed by atoms with Gasteiger partial charge in [0.15, 0.2) is 0 Å². The van der Waals surface area contributed by atoms with Crippen molar-refractivity contribution in [1.82, 2.24) is 4.98 Å². The predicted molar refractivity (Wildman–Crippen MR) is 98.4 cm³/mol. The number of aryl methyl sites for hydroxylation is 1. The summed E-state index contributed by atoms with van der Waals surface area (Å²) in [5.41, 5.74) is 8.65. The number of hydrogen-bond donors (Lipinski definition) is 1. The van der Waals surface area contributed by atoms with E-state index in [2.05, 4.69) is 9.72 Å². The lowest BCUT2D eigenvalue weighted by atomic mass is 10.1. The maximum Gasteiger partial charge on any atom is 0.322 e. The number of aromatic nitrogens is 1. The Balaban J connectivity index is 0.00000264. The molecule has 0 fully saturated rings. The van der Waals surface area contributed by atoms with Crippen molar-refractivity contribution in [1.29, 1.82) is 0 Å². The van der Waals surface area contributed by atoms with Gasteiger partial charge in [-0.1, -0.05) is 12.1 Å². The van der Waals surface area contributed by atoms with Crippen LogP contribution in [0.25, 0.3) is 0 Å². The van der Waals surface area contributed by atoms with Gasteiger partial charge >= 0.3 is 5.97 Å². The third kappa shape index (κ3) is 5.67. The Morgan fingerprint density at radius 1 is 1.17 bits per heavy atom. The van der Waals surface area contributed by atoms with Crippen LogP contribution in [0, 0.1) is 13.8 Å². The number of ether oxygens (including phenoxy) is 2. The number of hydrogen-bond acceptors (Lipinski definition) is 5. The minimum Gasteiger partial charge on any atom is -0.468 e. The van der Waals surface area contributed by atoms with E-state index in [1.807, 2.05) is 44.2 Å². The lowest BCUT2D eigenvalue weighted by Crippen LogP contribution is -2.33. The molecule has 0 aliphatic heterocycles. The molecule has 0 aliphatic carbocycles. The van der Waals surface area contributed by atoms with Gasteiger partial charge in [0.25, 0.3) is 0 Å². The molecule has 0 spiro atoms. The Morgan fingerprint density at radius 3 is 2.38 bits per heavy atom. The molecule has 0 bridgehead atoms. The van der Waals surface area contributed by atoms with E-state index in [0.29, 0.717) is 6.42 Å². The number of rotatable bonds is 5. The van der Waals surface area contributed by atoms with Crippen molar-refractivity contribution in [3.63, 3.8) is 0 Å². The zero-order chi connectivity index (χ0) is 16.1.